The molecule has 2 aromatic carbocycles. The molecule has 6 heteroatoms. The molecule has 1 aromatic heterocycles. The highest BCUT2D eigenvalue weighted by molar-refractivity contribution is 5.95. The van der Waals surface area contributed by atoms with Crippen molar-refractivity contribution in [2.45, 2.75) is 32.7 Å². The molecule has 1 N–H and O–H groups in total. The number of hydrogen-bond acceptors (Lipinski definition) is 4. The number of amides is 1. The summed E-state index contributed by atoms with van der Waals surface area (Å²) in [5, 5.41) is 7.62. The van der Waals surface area contributed by atoms with Crippen molar-refractivity contribution in [3.8, 4) is 11.4 Å². The Hall–Kier alpha value is -3.12. The van der Waals surface area contributed by atoms with Crippen molar-refractivity contribution in [1.29, 1.82) is 0 Å². The van der Waals surface area contributed by atoms with Crippen molar-refractivity contribution in [1.82, 2.24) is 20.0 Å². The second-order valence-electron chi connectivity index (χ2n) is 8.14. The Morgan fingerprint density at radius 2 is 1.90 bits per heavy atom. The number of methoxy groups -OCH3 is 1. The monoisotopic (exact) mass is 418 g/mol. The van der Waals surface area contributed by atoms with Crippen LogP contribution in [0.3, 0.4) is 0 Å². The second-order valence-corrected chi connectivity index (χ2v) is 8.14. The summed E-state index contributed by atoms with van der Waals surface area (Å²) >= 11 is 0. The van der Waals surface area contributed by atoms with Crippen LogP contribution in [0.4, 0.5) is 0 Å². The minimum Gasteiger partial charge on any atom is -0.497 e. The van der Waals surface area contributed by atoms with Crippen molar-refractivity contribution in [3.05, 3.63) is 77.1 Å². The van der Waals surface area contributed by atoms with Crippen LogP contribution in [-0.2, 0) is 0 Å². The predicted molar refractivity (Wildman–Crippen MR) is 122 cm³/mol. The minimum atomic E-state index is -0.0940. The first-order valence-electron chi connectivity index (χ1n) is 10.8. The molecule has 3 aromatic rings. The number of ether oxygens (including phenoxy) is 1. The van der Waals surface area contributed by atoms with Gasteiger partial charge in [-0.15, -0.1) is 0 Å². The number of carbonyl (C=O) groups excluding carboxylic acids is 1. The van der Waals surface area contributed by atoms with E-state index in [1.165, 1.54) is 12.8 Å². The molecule has 1 saturated heterocycles. The molecule has 1 atom stereocenters. The maximum absolute atomic E-state index is 13.0. The van der Waals surface area contributed by atoms with E-state index in [1.807, 2.05) is 48.9 Å². The van der Waals surface area contributed by atoms with E-state index in [0.717, 1.165) is 41.3 Å². The van der Waals surface area contributed by atoms with Crippen molar-refractivity contribution < 1.29 is 9.53 Å². The van der Waals surface area contributed by atoms with Crippen molar-refractivity contribution in [3.63, 3.8) is 0 Å². The third kappa shape index (κ3) is 4.64. The van der Waals surface area contributed by atoms with E-state index in [0.29, 0.717) is 12.1 Å². The van der Waals surface area contributed by atoms with Crippen molar-refractivity contribution >= 4 is 5.91 Å². The molecule has 2 heterocycles. The molecule has 31 heavy (non-hydrogen) atoms. The van der Waals surface area contributed by atoms with Crippen LogP contribution < -0.4 is 10.1 Å². The van der Waals surface area contributed by atoms with Crippen LogP contribution in [0.2, 0.25) is 0 Å². The number of rotatable bonds is 7. The van der Waals surface area contributed by atoms with Gasteiger partial charge in [-0.25, -0.2) is 4.68 Å². The van der Waals surface area contributed by atoms with Gasteiger partial charge < -0.3 is 10.1 Å². The van der Waals surface area contributed by atoms with Crippen LogP contribution in [0.5, 0.6) is 5.75 Å². The van der Waals surface area contributed by atoms with Crippen LogP contribution in [0.1, 0.15) is 46.1 Å². The number of likely N-dealkylation sites (tertiary alicyclic amines) is 1. The summed E-state index contributed by atoms with van der Waals surface area (Å²) in [5.41, 5.74) is 4.72. The molecule has 4 rings (SSSR count). The Morgan fingerprint density at radius 1 is 1.13 bits per heavy atom. The summed E-state index contributed by atoms with van der Waals surface area (Å²) in [6.07, 6.45) is 4.04. The lowest BCUT2D eigenvalue weighted by molar-refractivity contribution is 0.0937. The van der Waals surface area contributed by atoms with Gasteiger partial charge in [-0.2, -0.15) is 5.10 Å². The molecule has 1 fully saturated rings. The zero-order chi connectivity index (χ0) is 21.8. The molecule has 162 valence electrons. The molecule has 1 unspecified atom stereocenters. The Labute approximate surface area is 183 Å². The zero-order valence-corrected chi connectivity index (χ0v) is 18.5. The number of carbonyl (C=O) groups is 1. The molecule has 0 spiro atoms. The third-order valence-corrected chi connectivity index (χ3v) is 6.02. The van der Waals surface area contributed by atoms with Crippen LogP contribution in [-0.4, -0.2) is 47.3 Å². The van der Waals surface area contributed by atoms with Gasteiger partial charge in [0, 0.05) is 6.54 Å². The van der Waals surface area contributed by atoms with Gasteiger partial charge in [0.05, 0.1) is 36.3 Å². The number of aromatic nitrogens is 2. The van der Waals surface area contributed by atoms with Gasteiger partial charge in [-0.3, -0.25) is 9.69 Å². The highest BCUT2D eigenvalue weighted by Gasteiger charge is 2.25. The lowest BCUT2D eigenvalue weighted by Gasteiger charge is -2.28. The van der Waals surface area contributed by atoms with Crippen LogP contribution in [0.25, 0.3) is 5.69 Å². The van der Waals surface area contributed by atoms with E-state index in [-0.39, 0.29) is 11.9 Å². The number of nitrogens with zero attached hydrogens (tertiary/aromatic N) is 3. The van der Waals surface area contributed by atoms with Gasteiger partial charge in [-0.1, -0.05) is 24.3 Å². The van der Waals surface area contributed by atoms with E-state index in [9.17, 15) is 4.79 Å². The second kappa shape index (κ2) is 9.35. The van der Waals surface area contributed by atoms with Crippen LogP contribution >= 0.6 is 0 Å². The van der Waals surface area contributed by atoms with E-state index < -0.39 is 0 Å². The first-order chi connectivity index (χ1) is 15.1. The molecule has 1 aliphatic heterocycles. The SMILES string of the molecule is COc1cccc(C(CNC(=O)c2cnn(-c3cccc(C)c3)c2C)N2CCCC2)c1. The van der Waals surface area contributed by atoms with Crippen molar-refractivity contribution in [2.24, 2.45) is 0 Å². The van der Waals surface area contributed by atoms with Gasteiger partial charge >= 0.3 is 0 Å². The number of hydrogen-bond donors (Lipinski definition) is 1. The minimum absolute atomic E-state index is 0.0940. The van der Waals surface area contributed by atoms with Crippen LogP contribution in [0.15, 0.2) is 54.7 Å². The zero-order valence-electron chi connectivity index (χ0n) is 18.5. The van der Waals surface area contributed by atoms with Gasteiger partial charge in [0.2, 0.25) is 0 Å². The summed E-state index contributed by atoms with van der Waals surface area (Å²) in [6.45, 7) is 6.61. The fraction of sp³-hybridized carbons (Fsp3) is 0.360. The highest BCUT2D eigenvalue weighted by atomic mass is 16.5. The van der Waals surface area contributed by atoms with Gasteiger partial charge in [0.25, 0.3) is 5.91 Å². The maximum Gasteiger partial charge on any atom is 0.254 e. The molecule has 0 radical (unpaired) electrons. The fourth-order valence-corrected chi connectivity index (χ4v) is 4.30. The summed E-state index contributed by atoms with van der Waals surface area (Å²) in [7, 11) is 1.68. The molecule has 0 bridgehead atoms. The summed E-state index contributed by atoms with van der Waals surface area (Å²) < 4.78 is 7.24. The smallest absolute Gasteiger partial charge is 0.254 e. The standard InChI is InChI=1S/C25H30N4O2/c1-18-8-6-10-21(14-18)29-19(2)23(16-27-29)25(30)26-17-24(28-12-4-5-13-28)20-9-7-11-22(15-20)31-3/h6-11,14-16,24H,4-5,12-13,17H2,1-3H3,(H,26,30). The Bertz CT molecular complexity index is 1050. The Kier molecular flexibility index (Phi) is 6.37. The molecular formula is C25H30N4O2. The topological polar surface area (TPSA) is 59.4 Å². The third-order valence-electron chi connectivity index (χ3n) is 6.02. The van der Waals surface area contributed by atoms with Crippen molar-refractivity contribution in [2.75, 3.05) is 26.7 Å². The van der Waals surface area contributed by atoms with E-state index in [1.54, 1.807) is 13.3 Å². The van der Waals surface area contributed by atoms with Gasteiger partial charge in [0.15, 0.2) is 0 Å². The summed E-state index contributed by atoms with van der Waals surface area (Å²) in [5.74, 6) is 0.742. The molecule has 6 nitrogen and oxygen atoms in total. The molecule has 0 aliphatic carbocycles. The molecule has 0 saturated carbocycles. The summed E-state index contributed by atoms with van der Waals surface area (Å²) in [6, 6.07) is 16.4. The fourth-order valence-electron chi connectivity index (χ4n) is 4.30. The number of benzene rings is 2. The maximum atomic E-state index is 13.0. The predicted octanol–water partition coefficient (Wildman–Crippen LogP) is 4.06. The lowest BCUT2D eigenvalue weighted by atomic mass is 10.0. The first kappa shape index (κ1) is 21.1. The van der Waals surface area contributed by atoms with E-state index >= 15 is 0 Å². The average Bonchev–Trinajstić information content (AvgIpc) is 3.44. The largest absolute Gasteiger partial charge is 0.497 e. The van der Waals surface area contributed by atoms with Gasteiger partial charge in [-0.05, 0) is 75.2 Å². The normalized spacial score (nSPS) is 15.1. The highest BCUT2D eigenvalue weighted by Crippen LogP contribution is 2.27. The first-order valence-corrected chi connectivity index (χ1v) is 10.8. The van der Waals surface area contributed by atoms with E-state index in [4.69, 9.17) is 4.74 Å². The van der Waals surface area contributed by atoms with Crippen LogP contribution in [0, 0.1) is 13.8 Å². The molecule has 1 amide bonds. The Balaban J connectivity index is 1.52. The van der Waals surface area contributed by atoms with Gasteiger partial charge in [0.1, 0.15) is 5.75 Å². The summed E-state index contributed by atoms with van der Waals surface area (Å²) in [4.78, 5) is 15.5. The average molecular weight is 419 g/mol. The number of aryl methyl sites for hydroxylation is 1. The van der Waals surface area contributed by atoms with E-state index in [2.05, 4.69) is 33.5 Å². The lowest BCUT2D eigenvalue weighted by Crippen LogP contribution is -2.37. The quantitative estimate of drug-likeness (QED) is 0.629. The number of nitrogens with one attached hydrogen (secondary N) is 1. The molecule has 1 aliphatic rings. The Morgan fingerprint density at radius 3 is 2.65 bits per heavy atom. The molecular weight excluding hydrogens is 388 g/mol.